The van der Waals surface area contributed by atoms with E-state index in [0.29, 0.717) is 17.0 Å². The molecule has 0 spiro atoms. The van der Waals surface area contributed by atoms with Gasteiger partial charge >= 0.3 is 5.97 Å². The molecule has 2 N–H and O–H groups in total. The molecule has 2 rings (SSSR count). The highest BCUT2D eigenvalue weighted by Crippen LogP contribution is 2.18. The molecule has 0 bridgehead atoms. The van der Waals surface area contributed by atoms with Crippen LogP contribution in [0.2, 0.25) is 0 Å². The molecule has 0 saturated heterocycles. The Morgan fingerprint density at radius 3 is 2.48 bits per heavy atom. The second-order valence-electron chi connectivity index (χ2n) is 6.02. The largest absolute Gasteiger partial charge is 0.496 e. The minimum atomic E-state index is -0.674. The Balaban J connectivity index is 1.74. The predicted molar refractivity (Wildman–Crippen MR) is 110 cm³/mol. The van der Waals surface area contributed by atoms with Crippen molar-refractivity contribution in [3.63, 3.8) is 0 Å². The van der Waals surface area contributed by atoms with Gasteiger partial charge in [-0.15, -0.1) is 0 Å². The molecule has 0 fully saturated rings. The van der Waals surface area contributed by atoms with E-state index >= 15 is 0 Å². The fraction of sp³-hybridized carbons (Fsp3) is 0.227. The number of para-hydroxylation sites is 2. The van der Waals surface area contributed by atoms with Gasteiger partial charge in [0.1, 0.15) is 5.75 Å². The Labute approximate surface area is 169 Å². The third kappa shape index (κ3) is 7.14. The van der Waals surface area contributed by atoms with E-state index in [1.807, 2.05) is 37.3 Å². The number of carbonyl (C=O) groups is 3. The molecule has 7 heteroatoms. The molecule has 2 aromatic carbocycles. The van der Waals surface area contributed by atoms with Crippen LogP contribution >= 0.6 is 0 Å². The Morgan fingerprint density at radius 1 is 1.00 bits per heavy atom. The highest BCUT2D eigenvalue weighted by Gasteiger charge is 2.09. The van der Waals surface area contributed by atoms with Gasteiger partial charge in [-0.2, -0.15) is 0 Å². The summed E-state index contributed by atoms with van der Waals surface area (Å²) in [5.41, 5.74) is 2.42. The lowest BCUT2D eigenvalue weighted by atomic mass is 10.1. The number of esters is 1. The molecule has 0 aliphatic rings. The van der Waals surface area contributed by atoms with E-state index in [9.17, 15) is 14.4 Å². The van der Waals surface area contributed by atoms with Crippen molar-refractivity contribution >= 4 is 29.5 Å². The topological polar surface area (TPSA) is 93.7 Å². The van der Waals surface area contributed by atoms with Gasteiger partial charge in [0.25, 0.3) is 5.91 Å². The van der Waals surface area contributed by atoms with Crippen molar-refractivity contribution in [3.05, 3.63) is 65.7 Å². The molecule has 29 heavy (non-hydrogen) atoms. The number of aryl methyl sites for hydroxylation is 1. The van der Waals surface area contributed by atoms with Crippen molar-refractivity contribution in [2.24, 2.45) is 0 Å². The van der Waals surface area contributed by atoms with E-state index < -0.39 is 18.5 Å². The van der Waals surface area contributed by atoms with Gasteiger partial charge in [0.2, 0.25) is 5.91 Å². The summed E-state index contributed by atoms with van der Waals surface area (Å²) in [4.78, 5) is 35.5. The highest BCUT2D eigenvalue weighted by molar-refractivity contribution is 5.95. The van der Waals surface area contributed by atoms with Crippen LogP contribution in [-0.2, 0) is 25.5 Å². The average Bonchev–Trinajstić information content (AvgIpc) is 2.75. The minimum Gasteiger partial charge on any atom is -0.496 e. The summed E-state index contributed by atoms with van der Waals surface area (Å²) in [6.45, 7) is 1.29. The molecule has 0 atom stereocenters. The van der Waals surface area contributed by atoms with Gasteiger partial charge in [-0.25, -0.2) is 4.79 Å². The van der Waals surface area contributed by atoms with E-state index in [1.165, 1.54) is 19.3 Å². The third-order valence-corrected chi connectivity index (χ3v) is 4.00. The summed E-state index contributed by atoms with van der Waals surface area (Å²) < 4.78 is 10.1. The molecule has 0 radical (unpaired) electrons. The zero-order valence-electron chi connectivity index (χ0n) is 16.4. The molecule has 2 aromatic rings. The van der Waals surface area contributed by atoms with Crippen LogP contribution in [0, 0.1) is 0 Å². The predicted octanol–water partition coefficient (Wildman–Crippen LogP) is 2.57. The summed E-state index contributed by atoms with van der Waals surface area (Å²) in [6, 6.07) is 14.6. The van der Waals surface area contributed by atoms with Crippen molar-refractivity contribution in [2.45, 2.75) is 13.3 Å². The lowest BCUT2D eigenvalue weighted by Crippen LogP contribution is -2.35. The average molecular weight is 396 g/mol. The molecule has 0 heterocycles. The van der Waals surface area contributed by atoms with Crippen molar-refractivity contribution in [2.75, 3.05) is 25.6 Å². The summed E-state index contributed by atoms with van der Waals surface area (Å²) >= 11 is 0. The zero-order valence-corrected chi connectivity index (χ0v) is 16.4. The number of rotatable bonds is 9. The van der Waals surface area contributed by atoms with Crippen LogP contribution < -0.4 is 15.4 Å². The van der Waals surface area contributed by atoms with Crippen LogP contribution in [0.4, 0.5) is 5.69 Å². The lowest BCUT2D eigenvalue weighted by molar-refractivity contribution is -0.143. The molecule has 2 amide bonds. The molecule has 0 aliphatic carbocycles. The number of nitrogens with one attached hydrogen (secondary N) is 2. The summed E-state index contributed by atoms with van der Waals surface area (Å²) in [7, 11) is 1.53. The van der Waals surface area contributed by atoms with Gasteiger partial charge < -0.3 is 20.1 Å². The summed E-state index contributed by atoms with van der Waals surface area (Å²) in [5.74, 6) is -0.984. The van der Waals surface area contributed by atoms with Crippen molar-refractivity contribution in [3.8, 4) is 5.75 Å². The Morgan fingerprint density at radius 2 is 1.72 bits per heavy atom. The highest BCUT2D eigenvalue weighted by atomic mass is 16.5. The van der Waals surface area contributed by atoms with Crippen LogP contribution in [-0.4, -0.2) is 38.0 Å². The van der Waals surface area contributed by atoms with E-state index in [1.54, 1.807) is 18.2 Å². The van der Waals surface area contributed by atoms with E-state index in [4.69, 9.17) is 9.47 Å². The number of hydrogen-bond acceptors (Lipinski definition) is 5. The number of carbonyl (C=O) groups excluding carboxylic acids is 3. The van der Waals surface area contributed by atoms with Gasteiger partial charge in [-0.1, -0.05) is 43.3 Å². The van der Waals surface area contributed by atoms with Crippen LogP contribution in [0.3, 0.4) is 0 Å². The number of amides is 2. The zero-order chi connectivity index (χ0) is 21.1. The van der Waals surface area contributed by atoms with Crippen LogP contribution in [0.25, 0.3) is 6.08 Å². The minimum absolute atomic E-state index is 0.217. The lowest BCUT2D eigenvalue weighted by Gasteiger charge is -2.10. The molecule has 152 valence electrons. The Bertz CT molecular complexity index is 892. The maximum atomic E-state index is 12.0. The second kappa shape index (κ2) is 11.3. The third-order valence-electron chi connectivity index (χ3n) is 4.00. The molecular formula is C22H24N2O5. The van der Waals surface area contributed by atoms with E-state index in [2.05, 4.69) is 10.6 Å². The molecule has 0 aliphatic heterocycles. The Hall–Kier alpha value is -3.61. The first-order chi connectivity index (χ1) is 14.0. The number of ether oxygens (including phenoxy) is 2. The van der Waals surface area contributed by atoms with E-state index in [-0.39, 0.29) is 12.5 Å². The quantitative estimate of drug-likeness (QED) is 0.502. The van der Waals surface area contributed by atoms with Crippen LogP contribution in [0.1, 0.15) is 18.1 Å². The van der Waals surface area contributed by atoms with Crippen molar-refractivity contribution in [1.82, 2.24) is 5.32 Å². The first kappa shape index (κ1) is 21.7. The van der Waals surface area contributed by atoms with Crippen molar-refractivity contribution < 1.29 is 23.9 Å². The monoisotopic (exact) mass is 396 g/mol. The fourth-order valence-corrected chi connectivity index (χ4v) is 2.52. The summed E-state index contributed by atoms with van der Waals surface area (Å²) in [5, 5.41) is 5.16. The smallest absolute Gasteiger partial charge is 0.331 e. The fourth-order valence-electron chi connectivity index (χ4n) is 2.52. The van der Waals surface area contributed by atoms with Gasteiger partial charge in [0, 0.05) is 17.3 Å². The van der Waals surface area contributed by atoms with Crippen molar-refractivity contribution in [1.29, 1.82) is 0 Å². The molecular weight excluding hydrogens is 372 g/mol. The van der Waals surface area contributed by atoms with Crippen LogP contribution in [0.15, 0.2) is 54.6 Å². The number of anilines is 1. The normalized spacial score (nSPS) is 10.4. The van der Waals surface area contributed by atoms with Gasteiger partial charge in [-0.05, 0) is 30.2 Å². The second-order valence-corrected chi connectivity index (χ2v) is 6.02. The first-order valence-corrected chi connectivity index (χ1v) is 9.15. The molecule has 0 aromatic heterocycles. The SMILES string of the molecule is CCc1ccccc1NC(=O)CNC(=O)COC(=O)/C=C/c1ccccc1OC. The standard InChI is InChI=1S/C22H24N2O5/c1-3-16-8-4-6-10-18(16)24-20(25)14-23-21(26)15-29-22(27)13-12-17-9-5-7-11-19(17)28-2/h4-13H,3,14-15H2,1-2H3,(H,23,26)(H,24,25)/b13-12+. The maximum absolute atomic E-state index is 12.0. The Kier molecular flexibility index (Phi) is 8.44. The number of benzene rings is 2. The molecule has 0 unspecified atom stereocenters. The van der Waals surface area contributed by atoms with Gasteiger partial charge in [-0.3, -0.25) is 9.59 Å². The van der Waals surface area contributed by atoms with E-state index in [0.717, 1.165) is 12.0 Å². The maximum Gasteiger partial charge on any atom is 0.331 e. The van der Waals surface area contributed by atoms with Crippen LogP contribution in [0.5, 0.6) is 5.75 Å². The number of methoxy groups -OCH3 is 1. The molecule has 7 nitrogen and oxygen atoms in total. The van der Waals surface area contributed by atoms with Gasteiger partial charge in [0.05, 0.1) is 13.7 Å². The molecule has 0 saturated carbocycles. The first-order valence-electron chi connectivity index (χ1n) is 9.15. The summed E-state index contributed by atoms with van der Waals surface area (Å²) in [6.07, 6.45) is 3.53. The van der Waals surface area contributed by atoms with Gasteiger partial charge in [0.15, 0.2) is 6.61 Å². The number of hydrogen-bond donors (Lipinski definition) is 2.